The van der Waals surface area contributed by atoms with Crippen molar-refractivity contribution < 1.29 is 32.3 Å². The first kappa shape index (κ1) is 25.0. The van der Waals surface area contributed by atoms with Gasteiger partial charge in [0.1, 0.15) is 11.8 Å². The van der Waals surface area contributed by atoms with Gasteiger partial charge >= 0.3 is 12.1 Å². The molecule has 0 unspecified atom stereocenters. The Morgan fingerprint density at radius 2 is 1.78 bits per heavy atom. The summed E-state index contributed by atoms with van der Waals surface area (Å²) in [4.78, 5) is 33.0. The minimum atomic E-state index is -5.08. The number of imidazole rings is 1. The second-order valence-electron chi connectivity index (χ2n) is 8.37. The SMILES string of the molecule is Cn1cnc2c(-c3ccccc3)nc(C3CCN(C(=O)c4ccoc4)CC3)cc21.O=C(O)C(F)(F)F. The Balaban J connectivity index is 0.000000384. The molecule has 1 aliphatic rings. The van der Waals surface area contributed by atoms with E-state index in [1.807, 2.05) is 41.0 Å². The summed E-state index contributed by atoms with van der Waals surface area (Å²) in [6.45, 7) is 1.45. The van der Waals surface area contributed by atoms with Crippen LogP contribution in [0.4, 0.5) is 13.2 Å². The second kappa shape index (κ2) is 10.2. The Kier molecular flexibility index (Phi) is 7.09. The van der Waals surface area contributed by atoms with Crippen LogP contribution >= 0.6 is 0 Å². The summed E-state index contributed by atoms with van der Waals surface area (Å²) in [6.07, 6.45) is 1.60. The van der Waals surface area contributed by atoms with Crippen LogP contribution in [0.3, 0.4) is 0 Å². The van der Waals surface area contributed by atoms with Gasteiger partial charge in [-0.3, -0.25) is 9.78 Å². The number of likely N-dealkylation sites (tertiary alicyclic amines) is 1. The number of amides is 1. The fraction of sp³-hybridized carbons (Fsp3) is 0.280. The summed E-state index contributed by atoms with van der Waals surface area (Å²) >= 11 is 0. The van der Waals surface area contributed by atoms with Crippen molar-refractivity contribution >= 4 is 22.9 Å². The molecule has 1 aliphatic heterocycles. The average molecular weight is 500 g/mol. The van der Waals surface area contributed by atoms with Crippen LogP contribution in [0, 0.1) is 0 Å². The second-order valence-corrected chi connectivity index (χ2v) is 8.37. The zero-order valence-electron chi connectivity index (χ0n) is 19.3. The highest BCUT2D eigenvalue weighted by molar-refractivity contribution is 5.94. The number of benzene rings is 1. The Hall–Kier alpha value is -4.15. The molecule has 5 rings (SSSR count). The first-order valence-electron chi connectivity index (χ1n) is 11.1. The van der Waals surface area contributed by atoms with Gasteiger partial charge in [-0.2, -0.15) is 13.2 Å². The number of aromatic nitrogens is 3. The largest absolute Gasteiger partial charge is 0.490 e. The van der Waals surface area contributed by atoms with Crippen molar-refractivity contribution in [3.05, 3.63) is 72.6 Å². The molecule has 0 atom stereocenters. The molecule has 0 bridgehead atoms. The standard InChI is InChI=1S/C23H22N4O2.C2HF3O2/c1-26-15-24-22-20(26)13-19(25-21(22)17-5-3-2-4-6-17)16-7-10-27(11-8-16)23(28)18-9-12-29-14-18;3-2(4,5)1(6)7/h2-6,9,12-16H,7-8,10-11H2,1H3;(H,6,7). The molecular formula is C25H23F3N4O4. The van der Waals surface area contributed by atoms with Crippen LogP contribution < -0.4 is 0 Å². The topological polar surface area (TPSA) is 101 Å². The summed E-state index contributed by atoms with van der Waals surface area (Å²) < 4.78 is 38.8. The van der Waals surface area contributed by atoms with Crippen LogP contribution in [-0.4, -0.2) is 55.7 Å². The number of fused-ring (bicyclic) bond motifs is 1. The lowest BCUT2D eigenvalue weighted by atomic mass is 9.92. The third-order valence-corrected chi connectivity index (χ3v) is 5.99. The summed E-state index contributed by atoms with van der Waals surface area (Å²) in [6, 6.07) is 14.1. The number of hydrogen-bond donors (Lipinski definition) is 1. The first-order chi connectivity index (χ1) is 17.1. The van der Waals surface area contributed by atoms with Crippen molar-refractivity contribution in [3.8, 4) is 11.3 Å². The van der Waals surface area contributed by atoms with Crippen LogP contribution in [0.2, 0.25) is 0 Å². The molecular weight excluding hydrogens is 477 g/mol. The lowest BCUT2D eigenvalue weighted by molar-refractivity contribution is -0.192. The summed E-state index contributed by atoms with van der Waals surface area (Å²) in [5.74, 6) is -2.39. The molecule has 0 spiro atoms. The highest BCUT2D eigenvalue weighted by Gasteiger charge is 2.38. The third-order valence-electron chi connectivity index (χ3n) is 5.99. The van der Waals surface area contributed by atoms with E-state index in [4.69, 9.17) is 19.3 Å². The molecule has 36 heavy (non-hydrogen) atoms. The monoisotopic (exact) mass is 500 g/mol. The number of carboxylic acids is 1. The zero-order chi connectivity index (χ0) is 25.9. The number of alkyl halides is 3. The number of aliphatic carboxylic acids is 1. The molecule has 0 radical (unpaired) electrons. The van der Waals surface area contributed by atoms with Crippen molar-refractivity contribution in [2.75, 3.05) is 13.1 Å². The van der Waals surface area contributed by atoms with E-state index < -0.39 is 12.1 Å². The number of carboxylic acid groups (broad SMARTS) is 1. The number of halogens is 3. The van der Waals surface area contributed by atoms with E-state index in [0.717, 1.165) is 53.9 Å². The third kappa shape index (κ3) is 5.40. The Morgan fingerprint density at radius 1 is 1.11 bits per heavy atom. The zero-order valence-corrected chi connectivity index (χ0v) is 19.3. The lowest BCUT2D eigenvalue weighted by Gasteiger charge is -2.31. The number of rotatable bonds is 3. The molecule has 0 aliphatic carbocycles. The van der Waals surface area contributed by atoms with Gasteiger partial charge in [0, 0.05) is 37.3 Å². The number of nitrogens with zero attached hydrogens (tertiary/aromatic N) is 4. The Labute approximate surface area is 204 Å². The Morgan fingerprint density at radius 3 is 2.36 bits per heavy atom. The van der Waals surface area contributed by atoms with Gasteiger partial charge in [-0.05, 0) is 25.0 Å². The molecule has 1 N–H and O–H groups in total. The fourth-order valence-electron chi connectivity index (χ4n) is 4.10. The maximum atomic E-state index is 12.6. The highest BCUT2D eigenvalue weighted by atomic mass is 19.4. The van der Waals surface area contributed by atoms with Gasteiger partial charge in [-0.25, -0.2) is 9.78 Å². The molecule has 1 fully saturated rings. The van der Waals surface area contributed by atoms with E-state index >= 15 is 0 Å². The molecule has 1 amide bonds. The molecule has 11 heteroatoms. The van der Waals surface area contributed by atoms with Crippen molar-refractivity contribution in [2.45, 2.75) is 24.9 Å². The van der Waals surface area contributed by atoms with Gasteiger partial charge in [-0.1, -0.05) is 30.3 Å². The van der Waals surface area contributed by atoms with Gasteiger partial charge in [-0.15, -0.1) is 0 Å². The summed E-state index contributed by atoms with van der Waals surface area (Å²) in [5, 5.41) is 7.12. The summed E-state index contributed by atoms with van der Waals surface area (Å²) in [7, 11) is 2.01. The molecule has 188 valence electrons. The van der Waals surface area contributed by atoms with Gasteiger partial charge in [0.15, 0.2) is 0 Å². The number of hydrogen-bond acceptors (Lipinski definition) is 5. The van der Waals surface area contributed by atoms with E-state index in [1.54, 1.807) is 6.07 Å². The normalized spacial score (nSPS) is 14.4. The summed E-state index contributed by atoms with van der Waals surface area (Å²) in [5.41, 5.74) is 5.71. The quantitative estimate of drug-likeness (QED) is 0.430. The fourth-order valence-corrected chi connectivity index (χ4v) is 4.10. The number of pyridine rings is 1. The first-order valence-corrected chi connectivity index (χ1v) is 11.1. The predicted octanol–water partition coefficient (Wildman–Crippen LogP) is 4.88. The number of piperidine rings is 1. The number of carbonyl (C=O) groups excluding carboxylic acids is 1. The van der Waals surface area contributed by atoms with E-state index in [1.165, 1.54) is 12.5 Å². The van der Waals surface area contributed by atoms with Crippen LogP contribution in [0.5, 0.6) is 0 Å². The number of aryl methyl sites for hydroxylation is 1. The maximum absolute atomic E-state index is 12.6. The van der Waals surface area contributed by atoms with Crippen LogP contribution in [-0.2, 0) is 11.8 Å². The maximum Gasteiger partial charge on any atom is 0.490 e. The average Bonchev–Trinajstić information content (AvgIpc) is 3.54. The van der Waals surface area contributed by atoms with E-state index in [9.17, 15) is 18.0 Å². The number of carbonyl (C=O) groups is 2. The van der Waals surface area contributed by atoms with Crippen molar-refractivity contribution in [2.24, 2.45) is 7.05 Å². The molecule has 4 heterocycles. The van der Waals surface area contributed by atoms with Crippen LogP contribution in [0.15, 0.2) is 65.7 Å². The van der Waals surface area contributed by atoms with Gasteiger partial charge in [0.25, 0.3) is 5.91 Å². The molecule has 3 aromatic heterocycles. The Bertz CT molecular complexity index is 1340. The van der Waals surface area contributed by atoms with E-state index in [-0.39, 0.29) is 5.91 Å². The molecule has 1 saturated heterocycles. The minimum Gasteiger partial charge on any atom is -0.475 e. The number of furan rings is 1. The minimum absolute atomic E-state index is 0.0391. The van der Waals surface area contributed by atoms with Gasteiger partial charge in [0.2, 0.25) is 0 Å². The molecule has 1 aromatic carbocycles. The van der Waals surface area contributed by atoms with Gasteiger partial charge < -0.3 is 19.0 Å². The van der Waals surface area contributed by atoms with Crippen molar-refractivity contribution in [1.82, 2.24) is 19.4 Å². The molecule has 4 aromatic rings. The van der Waals surface area contributed by atoms with E-state index in [0.29, 0.717) is 11.5 Å². The van der Waals surface area contributed by atoms with E-state index in [2.05, 4.69) is 23.2 Å². The highest BCUT2D eigenvalue weighted by Crippen LogP contribution is 2.33. The predicted molar refractivity (Wildman–Crippen MR) is 124 cm³/mol. The van der Waals surface area contributed by atoms with Gasteiger partial charge in [0.05, 0.1) is 29.4 Å². The van der Waals surface area contributed by atoms with Crippen LogP contribution in [0.1, 0.15) is 34.8 Å². The smallest absolute Gasteiger partial charge is 0.475 e. The molecule has 0 saturated carbocycles. The van der Waals surface area contributed by atoms with Crippen molar-refractivity contribution in [1.29, 1.82) is 0 Å². The van der Waals surface area contributed by atoms with Crippen molar-refractivity contribution in [3.63, 3.8) is 0 Å². The lowest BCUT2D eigenvalue weighted by Crippen LogP contribution is -2.37. The molecule has 8 nitrogen and oxygen atoms in total. The van der Waals surface area contributed by atoms with Crippen LogP contribution in [0.25, 0.3) is 22.3 Å².